The quantitative estimate of drug-likeness (QED) is 0.126. The van der Waals surface area contributed by atoms with E-state index in [-0.39, 0.29) is 58.4 Å². The van der Waals surface area contributed by atoms with E-state index in [4.69, 9.17) is 15.3 Å². The molecule has 3 N–H and O–H groups in total. The molecule has 2 aliphatic heterocycles. The molecule has 1 aromatic rings. The van der Waals surface area contributed by atoms with Gasteiger partial charge in [-0.15, -0.1) is 23.1 Å². The number of oxime groups is 1. The average Bonchev–Trinajstić information content (AvgIpc) is 3.13. The second kappa shape index (κ2) is 10.2. The molecule has 2 aliphatic rings. The van der Waals surface area contributed by atoms with Gasteiger partial charge in [0, 0.05) is 24.6 Å². The number of nitrogens with two attached hydrogens (primary N) is 1. The molecule has 162 valence electrons. The minimum atomic E-state index is -1.52. The number of ether oxygens (including phenoxy) is 1. The van der Waals surface area contributed by atoms with Crippen molar-refractivity contribution in [2.75, 3.05) is 31.7 Å². The molecule has 2 unspecified atom stereocenters. The van der Waals surface area contributed by atoms with Crippen LogP contribution in [-0.2, 0) is 28.8 Å². The summed E-state index contributed by atoms with van der Waals surface area (Å²) in [6.45, 7) is 0.575. The Kier molecular flexibility index (Phi) is 8.33. The van der Waals surface area contributed by atoms with Crippen LogP contribution >= 0.6 is 23.1 Å². The maximum atomic E-state index is 12.6. The molecule has 0 bridgehead atoms. The number of hydrogen-bond donors (Lipinski definition) is 2. The van der Waals surface area contributed by atoms with E-state index >= 15 is 0 Å². The number of thioether (sulfide) groups is 1. The van der Waals surface area contributed by atoms with E-state index in [0.717, 1.165) is 30.0 Å². The number of nitrogens with zero attached hydrogens (tertiary/aromatic N) is 3. The van der Waals surface area contributed by atoms with Gasteiger partial charge in [-0.1, -0.05) is 5.16 Å². The summed E-state index contributed by atoms with van der Waals surface area (Å²) in [5.74, 6) is -3.15. The van der Waals surface area contributed by atoms with E-state index < -0.39 is 47.2 Å². The average molecular weight is 479 g/mol. The number of thiazole rings is 1. The number of nitrogen functional groups attached to an aromatic ring is 1. The molecule has 3 rings (SSSR count). The van der Waals surface area contributed by atoms with Crippen LogP contribution in [0.4, 0.5) is 5.13 Å². The van der Waals surface area contributed by atoms with E-state index in [1.54, 1.807) is 0 Å². The summed E-state index contributed by atoms with van der Waals surface area (Å²) in [5, 5.41) is 19.2. The molecule has 31 heavy (non-hydrogen) atoms. The molecule has 0 aromatic carbocycles. The number of carboxylic acid groups (broad SMARTS) is 1. The number of esters is 1. The molecule has 0 aliphatic carbocycles. The monoisotopic (exact) mass is 479 g/mol. The number of aromatic nitrogens is 1. The number of nitrogens with one attached hydrogen (secondary N) is 1. The predicted molar refractivity (Wildman–Crippen MR) is 104 cm³/mol. The number of rotatable bonds is 7. The molecule has 2 fully saturated rings. The largest absolute Gasteiger partial charge is 1.00 e. The molecule has 3 atom stereocenters. The summed E-state index contributed by atoms with van der Waals surface area (Å²) >= 11 is 2.27. The zero-order valence-electron chi connectivity index (χ0n) is 16.9. The van der Waals surface area contributed by atoms with Gasteiger partial charge in [-0.2, -0.15) is 0 Å². The predicted octanol–water partition coefficient (Wildman–Crippen LogP) is -5.22. The Morgan fingerprint density at radius 1 is 1.48 bits per heavy atom. The minimum Gasteiger partial charge on any atom is -0.549 e. The van der Waals surface area contributed by atoms with Gasteiger partial charge in [0.15, 0.2) is 10.8 Å². The fourth-order valence-electron chi connectivity index (χ4n) is 3.04. The molecule has 2 saturated heterocycles. The summed E-state index contributed by atoms with van der Waals surface area (Å²) in [6.07, 6.45) is 0. The van der Waals surface area contributed by atoms with E-state index in [1.807, 2.05) is 0 Å². The summed E-state index contributed by atoms with van der Waals surface area (Å²) < 4.78 is 4.86. The van der Waals surface area contributed by atoms with Gasteiger partial charge in [-0.25, -0.2) is 4.98 Å². The third kappa shape index (κ3) is 5.14. The summed E-state index contributed by atoms with van der Waals surface area (Å²) in [6, 6.07) is -0.881. The Morgan fingerprint density at radius 3 is 2.74 bits per heavy atom. The number of amides is 2. The number of fused-ring (bicyclic) bond motifs is 1. The SMILES string of the molecule is CON=C(C(=O)NC1C(=O)N2CC(COC(C)=O)(C(=O)[O-])CS[C@H]12)c1csc(N)n1.[Na+]. The van der Waals surface area contributed by atoms with Crippen LogP contribution in [-0.4, -0.2) is 76.8 Å². The first-order chi connectivity index (χ1) is 14.2. The number of carbonyl (C=O) groups excluding carboxylic acids is 4. The standard InChI is InChI=1S/C16H19N5O7S2.Na/c1-7(22)28-5-16(14(25)26)4-21-12(24)10(13(21)30-6-16)19-11(23)9(20-27-2)8-3-29-15(17)18-8;/h3,10,13H,4-6H2,1-2H3,(H2,17,18)(H,19,23)(H,25,26);/q;+1/p-1/t10?,13-,16?;/m1./s1. The summed E-state index contributed by atoms with van der Waals surface area (Å²) in [4.78, 5) is 58.0. The van der Waals surface area contributed by atoms with E-state index in [0.29, 0.717) is 0 Å². The van der Waals surface area contributed by atoms with Crippen LogP contribution in [0.1, 0.15) is 12.6 Å². The van der Waals surface area contributed by atoms with Gasteiger partial charge in [0.1, 0.15) is 30.8 Å². The molecule has 2 amide bonds. The van der Waals surface area contributed by atoms with Crippen molar-refractivity contribution in [3.63, 3.8) is 0 Å². The van der Waals surface area contributed by atoms with Crippen LogP contribution < -0.4 is 45.7 Å². The fourth-order valence-corrected chi connectivity index (χ4v) is 5.10. The first-order valence-corrected chi connectivity index (χ1v) is 10.5. The van der Waals surface area contributed by atoms with Crippen molar-refractivity contribution in [1.82, 2.24) is 15.2 Å². The Labute approximate surface area is 207 Å². The maximum absolute atomic E-state index is 12.6. The molecular formula is C16H18N5NaO7S2. The number of carboxylic acids is 1. The van der Waals surface area contributed by atoms with Crippen molar-refractivity contribution < 1.29 is 63.4 Å². The Balaban J connectivity index is 0.00000341. The molecule has 0 radical (unpaired) electrons. The molecule has 0 saturated carbocycles. The van der Waals surface area contributed by atoms with Gasteiger partial charge in [-0.05, 0) is 0 Å². The van der Waals surface area contributed by atoms with Crippen molar-refractivity contribution in [3.05, 3.63) is 11.1 Å². The van der Waals surface area contributed by atoms with E-state index in [1.165, 1.54) is 17.4 Å². The summed E-state index contributed by atoms with van der Waals surface area (Å²) in [7, 11) is 1.26. The van der Waals surface area contributed by atoms with Gasteiger partial charge in [0.05, 0.1) is 11.4 Å². The van der Waals surface area contributed by atoms with E-state index in [2.05, 4.69) is 15.5 Å². The van der Waals surface area contributed by atoms with Crippen LogP contribution in [0.15, 0.2) is 10.5 Å². The smallest absolute Gasteiger partial charge is 0.549 e. The Bertz CT molecular complexity index is 926. The Morgan fingerprint density at radius 2 is 2.19 bits per heavy atom. The maximum Gasteiger partial charge on any atom is 1.00 e. The van der Waals surface area contributed by atoms with Gasteiger partial charge in [0.2, 0.25) is 5.91 Å². The molecule has 3 heterocycles. The van der Waals surface area contributed by atoms with Crippen molar-refractivity contribution >= 4 is 57.7 Å². The van der Waals surface area contributed by atoms with Gasteiger partial charge in [-0.3, -0.25) is 14.4 Å². The fraction of sp³-hybridized carbons (Fsp3) is 0.500. The number of aliphatic carboxylic acids is 1. The van der Waals surface area contributed by atoms with Gasteiger partial charge >= 0.3 is 35.5 Å². The Hall–Kier alpha value is -1.87. The van der Waals surface area contributed by atoms with Crippen molar-refractivity contribution in [2.45, 2.75) is 18.3 Å². The number of β-lactam (4-membered cyclic amide) rings is 1. The third-order valence-corrected chi connectivity index (χ3v) is 6.84. The third-order valence-electron chi connectivity index (χ3n) is 4.58. The van der Waals surface area contributed by atoms with Crippen molar-refractivity contribution in [3.8, 4) is 0 Å². The second-order valence-corrected chi connectivity index (χ2v) is 8.66. The van der Waals surface area contributed by atoms with Crippen LogP contribution in [0.2, 0.25) is 0 Å². The molecule has 1 aromatic heterocycles. The van der Waals surface area contributed by atoms with Crippen LogP contribution in [0.5, 0.6) is 0 Å². The number of hydrogen-bond acceptors (Lipinski definition) is 12. The van der Waals surface area contributed by atoms with E-state index in [9.17, 15) is 24.3 Å². The first kappa shape index (κ1) is 25.4. The van der Waals surface area contributed by atoms with Gasteiger partial charge in [0.25, 0.3) is 5.91 Å². The normalized spacial score (nSPS) is 24.9. The second-order valence-electron chi connectivity index (χ2n) is 6.66. The zero-order valence-corrected chi connectivity index (χ0v) is 20.6. The topological polar surface area (TPSA) is 176 Å². The van der Waals surface area contributed by atoms with Crippen LogP contribution in [0, 0.1) is 5.41 Å². The van der Waals surface area contributed by atoms with Crippen LogP contribution in [0.3, 0.4) is 0 Å². The van der Waals surface area contributed by atoms with Crippen molar-refractivity contribution in [1.29, 1.82) is 0 Å². The zero-order chi connectivity index (χ0) is 22.1. The molecular weight excluding hydrogens is 461 g/mol. The molecule has 15 heteroatoms. The number of anilines is 1. The van der Waals surface area contributed by atoms with Crippen LogP contribution in [0.25, 0.3) is 0 Å². The summed E-state index contributed by atoms with van der Waals surface area (Å²) in [5.41, 5.74) is 4.13. The number of carbonyl (C=O) groups is 4. The van der Waals surface area contributed by atoms with Gasteiger partial charge < -0.3 is 35.4 Å². The minimum absolute atomic E-state index is 0. The molecule has 0 spiro atoms. The first-order valence-electron chi connectivity index (χ1n) is 8.59. The molecule has 12 nitrogen and oxygen atoms in total. The van der Waals surface area contributed by atoms with Crippen molar-refractivity contribution in [2.24, 2.45) is 10.6 Å².